The van der Waals surface area contributed by atoms with Gasteiger partial charge in [-0.05, 0) is 31.9 Å². The van der Waals surface area contributed by atoms with Gasteiger partial charge in [0, 0.05) is 30.8 Å². The number of aryl methyl sites for hydroxylation is 2. The fourth-order valence-electron chi connectivity index (χ4n) is 3.10. The molecule has 0 radical (unpaired) electrons. The fraction of sp³-hybridized carbons (Fsp3) is 0.381. The Hall–Kier alpha value is -2.94. The summed E-state index contributed by atoms with van der Waals surface area (Å²) in [5, 5.41) is 13.2. The average Bonchev–Trinajstić information content (AvgIpc) is 2.92. The highest BCUT2D eigenvalue weighted by atomic mass is 19.1. The summed E-state index contributed by atoms with van der Waals surface area (Å²) in [5.74, 6) is -0.369. The lowest BCUT2D eigenvalue weighted by atomic mass is 10.1. The Morgan fingerprint density at radius 2 is 2.15 bits per heavy atom. The van der Waals surface area contributed by atoms with E-state index in [9.17, 15) is 9.18 Å². The molecule has 1 aromatic heterocycles. The highest BCUT2D eigenvalue weighted by Crippen LogP contribution is 2.17. The minimum Gasteiger partial charge on any atom is -0.335 e. The number of aromatic nitrogens is 2. The van der Waals surface area contributed by atoms with Crippen LogP contribution in [0.5, 0.6) is 0 Å². The van der Waals surface area contributed by atoms with E-state index in [1.54, 1.807) is 29.2 Å². The van der Waals surface area contributed by atoms with Gasteiger partial charge in [-0.2, -0.15) is 10.4 Å². The van der Waals surface area contributed by atoms with Gasteiger partial charge in [-0.15, -0.1) is 6.58 Å². The predicted molar refractivity (Wildman–Crippen MR) is 102 cm³/mol. The highest BCUT2D eigenvalue weighted by molar-refractivity contribution is 5.76. The topological polar surface area (TPSA) is 61.9 Å². The molecule has 5 nitrogen and oxygen atoms in total. The lowest BCUT2D eigenvalue weighted by molar-refractivity contribution is -0.131. The first-order valence-corrected chi connectivity index (χ1v) is 8.99. The molecule has 0 fully saturated rings. The van der Waals surface area contributed by atoms with Gasteiger partial charge in [0.25, 0.3) is 0 Å². The summed E-state index contributed by atoms with van der Waals surface area (Å²) in [7, 11) is 0. The van der Waals surface area contributed by atoms with E-state index < -0.39 is 0 Å². The van der Waals surface area contributed by atoms with Crippen LogP contribution in [0, 0.1) is 31.0 Å². The van der Waals surface area contributed by atoms with Crippen molar-refractivity contribution in [3.8, 4) is 6.07 Å². The molecule has 1 heterocycles. The Kier molecular flexibility index (Phi) is 7.30. The first-order chi connectivity index (χ1) is 13.0. The molecule has 6 heteroatoms. The van der Waals surface area contributed by atoms with E-state index >= 15 is 0 Å². The summed E-state index contributed by atoms with van der Waals surface area (Å²) < 4.78 is 15.7. The lowest BCUT2D eigenvalue weighted by Crippen LogP contribution is -2.31. The van der Waals surface area contributed by atoms with Crippen LogP contribution < -0.4 is 0 Å². The molecule has 27 heavy (non-hydrogen) atoms. The summed E-state index contributed by atoms with van der Waals surface area (Å²) in [6.07, 6.45) is 2.92. The van der Waals surface area contributed by atoms with Crippen LogP contribution in [0.2, 0.25) is 0 Å². The molecule has 2 aromatic rings. The second kappa shape index (κ2) is 9.67. The number of nitriles is 1. The van der Waals surface area contributed by atoms with E-state index in [2.05, 4.69) is 17.7 Å². The second-order valence-corrected chi connectivity index (χ2v) is 6.43. The van der Waals surface area contributed by atoms with Gasteiger partial charge in [0.2, 0.25) is 5.91 Å². The van der Waals surface area contributed by atoms with Crippen molar-refractivity contribution in [2.24, 2.45) is 0 Å². The zero-order valence-corrected chi connectivity index (χ0v) is 15.9. The third kappa shape index (κ3) is 5.27. The number of hydrogen-bond acceptors (Lipinski definition) is 3. The molecule has 0 aliphatic rings. The van der Waals surface area contributed by atoms with Crippen molar-refractivity contribution in [2.45, 2.75) is 46.2 Å². The van der Waals surface area contributed by atoms with Gasteiger partial charge in [0.15, 0.2) is 0 Å². The Bertz CT molecular complexity index is 850. The molecule has 0 atom stereocenters. The van der Waals surface area contributed by atoms with Gasteiger partial charge >= 0.3 is 0 Å². The molecule has 0 spiro atoms. The largest absolute Gasteiger partial charge is 0.335 e. The number of rotatable bonds is 9. The summed E-state index contributed by atoms with van der Waals surface area (Å²) >= 11 is 0. The highest BCUT2D eigenvalue weighted by Gasteiger charge is 2.17. The lowest BCUT2D eigenvalue weighted by Gasteiger charge is -2.21. The number of carbonyl (C=O) groups excluding carboxylic acids is 1. The fourth-order valence-corrected chi connectivity index (χ4v) is 3.10. The standard InChI is InChI=1S/C21H25FN4O/c1-4-13-25(15-18-8-5-6-9-20(18)22)21(27)11-10-19-16(2)24-26(17(19)3)14-7-12-23/h4-6,8-9H,1,7,10-11,13-15H2,2-3H3. The third-order valence-corrected chi connectivity index (χ3v) is 4.58. The Labute approximate surface area is 159 Å². The minimum absolute atomic E-state index is 0.0540. The molecule has 0 unspecified atom stereocenters. The summed E-state index contributed by atoms with van der Waals surface area (Å²) in [4.78, 5) is 14.3. The normalized spacial score (nSPS) is 10.4. The summed E-state index contributed by atoms with van der Waals surface area (Å²) in [5.41, 5.74) is 3.39. The molecule has 142 valence electrons. The molecule has 1 amide bonds. The Morgan fingerprint density at radius 3 is 2.81 bits per heavy atom. The van der Waals surface area contributed by atoms with E-state index in [0.717, 1.165) is 17.0 Å². The van der Waals surface area contributed by atoms with Crippen LogP contribution in [0.3, 0.4) is 0 Å². The van der Waals surface area contributed by atoms with Crippen molar-refractivity contribution in [3.05, 3.63) is 65.3 Å². The third-order valence-electron chi connectivity index (χ3n) is 4.58. The number of amides is 1. The van der Waals surface area contributed by atoms with Gasteiger partial charge in [-0.25, -0.2) is 4.39 Å². The van der Waals surface area contributed by atoms with Crippen molar-refractivity contribution in [1.29, 1.82) is 5.26 Å². The van der Waals surface area contributed by atoms with Gasteiger partial charge < -0.3 is 4.90 Å². The van der Waals surface area contributed by atoms with Gasteiger partial charge in [-0.3, -0.25) is 9.48 Å². The predicted octanol–water partition coefficient (Wildman–Crippen LogP) is 3.70. The molecule has 0 bridgehead atoms. The average molecular weight is 368 g/mol. The number of hydrogen-bond donors (Lipinski definition) is 0. The molecule has 0 aliphatic carbocycles. The van der Waals surface area contributed by atoms with Gasteiger partial charge in [-0.1, -0.05) is 24.3 Å². The molecule has 0 saturated carbocycles. The van der Waals surface area contributed by atoms with Gasteiger partial charge in [0.1, 0.15) is 5.82 Å². The van der Waals surface area contributed by atoms with E-state index in [-0.39, 0.29) is 18.3 Å². The molecule has 2 rings (SSSR count). The maximum atomic E-state index is 13.9. The SMILES string of the molecule is C=CCN(Cc1ccccc1F)C(=O)CCc1c(C)nn(CCC#N)c1C. The minimum atomic E-state index is -0.315. The smallest absolute Gasteiger partial charge is 0.223 e. The number of benzene rings is 1. The number of carbonyl (C=O) groups is 1. The Morgan fingerprint density at radius 1 is 1.41 bits per heavy atom. The van der Waals surface area contributed by atoms with Crippen LogP contribution in [-0.4, -0.2) is 27.1 Å². The zero-order chi connectivity index (χ0) is 19.8. The van der Waals surface area contributed by atoms with E-state index in [0.29, 0.717) is 37.9 Å². The summed E-state index contributed by atoms with van der Waals surface area (Å²) in [6, 6.07) is 8.60. The van der Waals surface area contributed by atoms with Crippen LogP contribution in [0.15, 0.2) is 36.9 Å². The number of halogens is 1. The Balaban J connectivity index is 2.06. The molecular formula is C21H25FN4O. The molecular weight excluding hydrogens is 343 g/mol. The van der Waals surface area contributed by atoms with E-state index in [1.165, 1.54) is 6.07 Å². The zero-order valence-electron chi connectivity index (χ0n) is 15.9. The van der Waals surface area contributed by atoms with Crippen LogP contribution in [0.4, 0.5) is 4.39 Å². The maximum absolute atomic E-state index is 13.9. The number of nitrogens with zero attached hydrogens (tertiary/aromatic N) is 4. The van der Waals surface area contributed by atoms with Crippen LogP contribution in [0.25, 0.3) is 0 Å². The quantitative estimate of drug-likeness (QED) is 0.634. The van der Waals surface area contributed by atoms with Crippen molar-refractivity contribution in [2.75, 3.05) is 6.54 Å². The van der Waals surface area contributed by atoms with E-state index in [1.807, 2.05) is 18.5 Å². The van der Waals surface area contributed by atoms with Crippen LogP contribution >= 0.6 is 0 Å². The van der Waals surface area contributed by atoms with Gasteiger partial charge in [0.05, 0.1) is 24.7 Å². The monoisotopic (exact) mass is 368 g/mol. The maximum Gasteiger partial charge on any atom is 0.223 e. The molecule has 0 saturated heterocycles. The van der Waals surface area contributed by atoms with Crippen LogP contribution in [0.1, 0.15) is 35.4 Å². The van der Waals surface area contributed by atoms with Crippen molar-refractivity contribution in [1.82, 2.24) is 14.7 Å². The first kappa shape index (κ1) is 20.4. The van der Waals surface area contributed by atoms with Crippen molar-refractivity contribution >= 4 is 5.91 Å². The van der Waals surface area contributed by atoms with Crippen LogP contribution in [-0.2, 0) is 24.3 Å². The van der Waals surface area contributed by atoms with E-state index in [4.69, 9.17) is 5.26 Å². The second-order valence-electron chi connectivity index (χ2n) is 6.43. The molecule has 0 N–H and O–H groups in total. The molecule has 1 aromatic carbocycles. The first-order valence-electron chi connectivity index (χ1n) is 8.99. The molecule has 0 aliphatic heterocycles. The summed E-state index contributed by atoms with van der Waals surface area (Å²) in [6.45, 7) is 8.70. The van der Waals surface area contributed by atoms with Crippen molar-refractivity contribution in [3.63, 3.8) is 0 Å². The van der Waals surface area contributed by atoms with Crippen molar-refractivity contribution < 1.29 is 9.18 Å².